The minimum absolute atomic E-state index is 0.0237. The first kappa shape index (κ1) is 15.1. The third-order valence-electron chi connectivity index (χ3n) is 2.87. The molecule has 0 aromatic heterocycles. The summed E-state index contributed by atoms with van der Waals surface area (Å²) in [6, 6.07) is 10.7. The Morgan fingerprint density at radius 1 is 1.05 bits per heavy atom. The molecule has 0 bridgehead atoms. The average Bonchev–Trinajstić information content (AvgIpc) is 2.37. The molecule has 0 spiro atoms. The highest BCUT2D eigenvalue weighted by Gasteiger charge is 2.15. The van der Waals surface area contributed by atoms with Crippen molar-refractivity contribution in [1.29, 1.82) is 0 Å². The largest absolute Gasteiger partial charge is 0.478 e. The van der Waals surface area contributed by atoms with Gasteiger partial charge in [0.25, 0.3) is 10.0 Å². The predicted molar refractivity (Wildman–Crippen MR) is 80.1 cm³/mol. The summed E-state index contributed by atoms with van der Waals surface area (Å²) in [4.78, 5) is 11.1. The highest BCUT2D eigenvalue weighted by molar-refractivity contribution is 7.92. The van der Waals surface area contributed by atoms with Crippen molar-refractivity contribution < 1.29 is 18.3 Å². The molecular weight excluding hydrogens is 290 g/mol. The van der Waals surface area contributed by atoms with Gasteiger partial charge in [-0.15, -0.1) is 0 Å². The summed E-state index contributed by atoms with van der Waals surface area (Å²) < 4.78 is 27.1. The van der Waals surface area contributed by atoms with Crippen molar-refractivity contribution in [1.82, 2.24) is 0 Å². The Morgan fingerprint density at radius 3 is 2.24 bits per heavy atom. The van der Waals surface area contributed by atoms with E-state index in [1.54, 1.807) is 12.1 Å². The Labute approximate surface area is 123 Å². The lowest BCUT2D eigenvalue weighted by atomic mass is 10.2. The summed E-state index contributed by atoms with van der Waals surface area (Å²) in [5.41, 5.74) is 1.93. The third kappa shape index (κ3) is 3.61. The fourth-order valence-corrected chi connectivity index (χ4v) is 3.26. The molecule has 5 nitrogen and oxygen atoms in total. The van der Waals surface area contributed by atoms with Gasteiger partial charge < -0.3 is 5.11 Å². The van der Waals surface area contributed by atoms with Crippen LogP contribution in [0.1, 0.15) is 21.5 Å². The molecule has 0 fully saturated rings. The zero-order valence-electron chi connectivity index (χ0n) is 11.6. The third-order valence-corrected chi connectivity index (χ3v) is 4.23. The summed E-state index contributed by atoms with van der Waals surface area (Å²) in [6.45, 7) is 3.63. The summed E-state index contributed by atoms with van der Waals surface area (Å²) >= 11 is 0. The second-order valence-electron chi connectivity index (χ2n) is 4.81. The quantitative estimate of drug-likeness (QED) is 0.909. The molecule has 2 aromatic carbocycles. The summed E-state index contributed by atoms with van der Waals surface area (Å²) in [7, 11) is -3.74. The molecule has 0 amide bonds. The minimum Gasteiger partial charge on any atom is -0.478 e. The Bertz CT molecular complexity index is 777. The minimum atomic E-state index is -3.74. The number of hydrogen-bond acceptors (Lipinski definition) is 3. The van der Waals surface area contributed by atoms with Crippen LogP contribution in [-0.2, 0) is 10.0 Å². The molecule has 0 unspecified atom stereocenters. The lowest BCUT2D eigenvalue weighted by Gasteiger charge is -2.10. The van der Waals surface area contributed by atoms with Crippen molar-refractivity contribution >= 4 is 21.7 Å². The maximum absolute atomic E-state index is 12.3. The van der Waals surface area contributed by atoms with E-state index in [4.69, 9.17) is 5.11 Å². The fraction of sp³-hybridized carbons (Fsp3) is 0.133. The van der Waals surface area contributed by atoms with Crippen LogP contribution in [0.15, 0.2) is 47.4 Å². The maximum Gasteiger partial charge on any atom is 0.335 e. The normalized spacial score (nSPS) is 11.1. The van der Waals surface area contributed by atoms with Crippen LogP contribution in [0.4, 0.5) is 5.69 Å². The number of nitrogens with one attached hydrogen (secondary N) is 1. The molecule has 0 saturated carbocycles. The van der Waals surface area contributed by atoms with E-state index in [0.717, 1.165) is 11.1 Å². The van der Waals surface area contributed by atoms with Crippen molar-refractivity contribution in [3.63, 3.8) is 0 Å². The highest BCUT2D eigenvalue weighted by Crippen LogP contribution is 2.19. The highest BCUT2D eigenvalue weighted by atomic mass is 32.2. The monoisotopic (exact) mass is 305 g/mol. The van der Waals surface area contributed by atoms with Crippen molar-refractivity contribution in [3.05, 3.63) is 59.2 Å². The number of carboxylic acid groups (broad SMARTS) is 1. The van der Waals surface area contributed by atoms with Crippen molar-refractivity contribution in [2.24, 2.45) is 0 Å². The van der Waals surface area contributed by atoms with Gasteiger partial charge in [-0.2, -0.15) is 0 Å². The molecule has 6 heteroatoms. The first-order valence-corrected chi connectivity index (χ1v) is 7.71. The van der Waals surface area contributed by atoms with Crippen LogP contribution < -0.4 is 4.72 Å². The Morgan fingerprint density at radius 2 is 1.67 bits per heavy atom. The standard InChI is InChI=1S/C15H15NO4S/c1-10-6-11(2)8-14(7-10)21(19,20)16-13-5-3-4-12(9-13)15(17)18/h3-9,16H,1-2H3,(H,17,18). The van der Waals surface area contributed by atoms with E-state index in [9.17, 15) is 13.2 Å². The summed E-state index contributed by atoms with van der Waals surface area (Å²) in [5.74, 6) is -1.11. The van der Waals surface area contributed by atoms with Gasteiger partial charge in [0.15, 0.2) is 0 Å². The number of sulfonamides is 1. The van der Waals surface area contributed by atoms with E-state index >= 15 is 0 Å². The topological polar surface area (TPSA) is 83.5 Å². The number of benzene rings is 2. The molecule has 0 aliphatic carbocycles. The lowest BCUT2D eigenvalue weighted by Crippen LogP contribution is -2.13. The van der Waals surface area contributed by atoms with E-state index in [2.05, 4.69) is 4.72 Å². The molecule has 0 aliphatic rings. The van der Waals surface area contributed by atoms with Crippen LogP contribution >= 0.6 is 0 Å². The van der Waals surface area contributed by atoms with E-state index in [-0.39, 0.29) is 16.1 Å². The molecule has 110 valence electrons. The SMILES string of the molecule is Cc1cc(C)cc(S(=O)(=O)Nc2cccc(C(=O)O)c2)c1. The average molecular weight is 305 g/mol. The summed E-state index contributed by atoms with van der Waals surface area (Å²) in [6.07, 6.45) is 0. The van der Waals surface area contributed by atoms with Crippen molar-refractivity contribution in [2.75, 3.05) is 4.72 Å². The van der Waals surface area contributed by atoms with Gasteiger partial charge in [-0.3, -0.25) is 4.72 Å². The lowest BCUT2D eigenvalue weighted by molar-refractivity contribution is 0.0697. The molecule has 0 heterocycles. The van der Waals surface area contributed by atoms with Gasteiger partial charge >= 0.3 is 5.97 Å². The molecule has 2 N–H and O–H groups in total. The zero-order chi connectivity index (χ0) is 15.6. The number of aromatic carboxylic acids is 1. The fourth-order valence-electron chi connectivity index (χ4n) is 2.02. The van der Waals surface area contributed by atoms with Crippen LogP contribution in [0.2, 0.25) is 0 Å². The first-order chi connectivity index (χ1) is 9.78. The van der Waals surface area contributed by atoms with Crippen LogP contribution in [0.5, 0.6) is 0 Å². The molecule has 0 radical (unpaired) electrons. The van der Waals surface area contributed by atoms with Crippen LogP contribution in [0.3, 0.4) is 0 Å². The van der Waals surface area contributed by atoms with Gasteiger partial charge in [0.2, 0.25) is 0 Å². The maximum atomic E-state index is 12.3. The molecule has 21 heavy (non-hydrogen) atoms. The van der Waals surface area contributed by atoms with Crippen LogP contribution in [0.25, 0.3) is 0 Å². The molecule has 2 aromatic rings. The zero-order valence-corrected chi connectivity index (χ0v) is 12.4. The number of carbonyl (C=O) groups is 1. The molecule has 2 rings (SSSR count). The second-order valence-corrected chi connectivity index (χ2v) is 6.50. The van der Waals surface area contributed by atoms with Gasteiger partial charge in [0.1, 0.15) is 0 Å². The van der Waals surface area contributed by atoms with Crippen LogP contribution in [0, 0.1) is 13.8 Å². The Hall–Kier alpha value is -2.34. The van der Waals surface area contributed by atoms with Gasteiger partial charge in [-0.1, -0.05) is 12.1 Å². The van der Waals surface area contributed by atoms with Crippen molar-refractivity contribution in [3.8, 4) is 0 Å². The van der Waals surface area contributed by atoms with E-state index in [1.807, 2.05) is 19.9 Å². The van der Waals surface area contributed by atoms with Gasteiger partial charge in [-0.25, -0.2) is 13.2 Å². The van der Waals surface area contributed by atoms with Crippen LogP contribution in [-0.4, -0.2) is 19.5 Å². The number of rotatable bonds is 4. The van der Waals surface area contributed by atoms with Gasteiger partial charge in [0, 0.05) is 5.69 Å². The van der Waals surface area contributed by atoms with E-state index in [1.165, 1.54) is 24.3 Å². The number of aryl methyl sites for hydroxylation is 2. The number of anilines is 1. The van der Waals surface area contributed by atoms with Crippen molar-refractivity contribution in [2.45, 2.75) is 18.7 Å². The smallest absolute Gasteiger partial charge is 0.335 e. The number of hydrogen-bond donors (Lipinski definition) is 2. The van der Waals surface area contributed by atoms with Gasteiger partial charge in [-0.05, 0) is 55.3 Å². The van der Waals surface area contributed by atoms with Gasteiger partial charge in [0.05, 0.1) is 10.5 Å². The predicted octanol–water partition coefficient (Wildman–Crippen LogP) is 2.80. The van der Waals surface area contributed by atoms with E-state index < -0.39 is 16.0 Å². The number of carboxylic acids is 1. The molecular formula is C15H15NO4S. The Balaban J connectivity index is 2.37. The molecule has 0 saturated heterocycles. The second kappa shape index (κ2) is 5.57. The summed E-state index contributed by atoms with van der Waals surface area (Å²) in [5, 5.41) is 8.92. The first-order valence-electron chi connectivity index (χ1n) is 6.22. The molecule has 0 atom stereocenters. The molecule has 0 aliphatic heterocycles. The Kier molecular flexibility index (Phi) is 3.99. The van der Waals surface area contributed by atoms with E-state index in [0.29, 0.717) is 0 Å².